The fraction of sp³-hybridized carbons (Fsp3) is 0.278. The van der Waals surface area contributed by atoms with Gasteiger partial charge in [0.25, 0.3) is 0 Å². The van der Waals surface area contributed by atoms with Gasteiger partial charge in [-0.15, -0.1) is 0 Å². The molecule has 0 spiro atoms. The van der Waals surface area contributed by atoms with Crippen molar-refractivity contribution in [3.63, 3.8) is 0 Å². The number of carbonyl (C=O) groups is 1. The molecule has 1 aliphatic rings. The lowest BCUT2D eigenvalue weighted by molar-refractivity contribution is -0.133. The minimum absolute atomic E-state index is 0.0774. The molecule has 120 valence electrons. The van der Waals surface area contributed by atoms with Gasteiger partial charge in [-0.2, -0.15) is 0 Å². The largest absolute Gasteiger partial charge is 0.333 e. The molecule has 1 heterocycles. The molecular formula is C18H18F2N2O. The van der Waals surface area contributed by atoms with Crippen molar-refractivity contribution in [3.8, 4) is 0 Å². The zero-order valence-corrected chi connectivity index (χ0v) is 12.6. The Bertz CT molecular complexity index is 705. The van der Waals surface area contributed by atoms with Gasteiger partial charge in [-0.3, -0.25) is 4.79 Å². The third kappa shape index (κ3) is 3.74. The van der Waals surface area contributed by atoms with Crippen molar-refractivity contribution in [2.45, 2.75) is 12.5 Å². The Morgan fingerprint density at radius 2 is 1.87 bits per heavy atom. The number of nitrogens with one attached hydrogen (secondary N) is 1. The summed E-state index contributed by atoms with van der Waals surface area (Å²) in [5.41, 5.74) is 1.41. The SMILES string of the molecule is O=C(Cc1cccc(F)c1)N1CCNCC1c1cccc(F)c1. The van der Waals surface area contributed by atoms with Crippen molar-refractivity contribution >= 4 is 5.91 Å². The molecule has 1 N–H and O–H groups in total. The number of amides is 1. The quantitative estimate of drug-likeness (QED) is 0.944. The van der Waals surface area contributed by atoms with E-state index in [1.165, 1.54) is 24.3 Å². The average Bonchev–Trinajstić information content (AvgIpc) is 2.55. The summed E-state index contributed by atoms with van der Waals surface area (Å²) in [6.45, 7) is 1.83. The molecule has 1 fully saturated rings. The summed E-state index contributed by atoms with van der Waals surface area (Å²) in [4.78, 5) is 14.4. The van der Waals surface area contributed by atoms with E-state index in [2.05, 4.69) is 5.32 Å². The van der Waals surface area contributed by atoms with Crippen LogP contribution in [0.1, 0.15) is 17.2 Å². The van der Waals surface area contributed by atoms with E-state index in [-0.39, 0.29) is 30.0 Å². The molecule has 0 aromatic heterocycles. The topological polar surface area (TPSA) is 32.3 Å². The summed E-state index contributed by atoms with van der Waals surface area (Å²) in [5, 5.41) is 3.23. The van der Waals surface area contributed by atoms with E-state index in [1.807, 2.05) is 6.07 Å². The van der Waals surface area contributed by atoms with E-state index >= 15 is 0 Å². The number of halogens is 2. The van der Waals surface area contributed by atoms with Gasteiger partial charge < -0.3 is 10.2 Å². The molecule has 3 rings (SSSR count). The predicted octanol–water partition coefficient (Wildman–Crippen LogP) is 2.68. The van der Waals surface area contributed by atoms with Gasteiger partial charge in [0.05, 0.1) is 12.5 Å². The standard InChI is InChI=1S/C18H18F2N2O/c19-15-5-1-3-13(9-15)10-18(23)22-8-7-21-12-17(22)14-4-2-6-16(20)11-14/h1-6,9,11,17,21H,7-8,10,12H2. The molecular weight excluding hydrogens is 298 g/mol. The minimum atomic E-state index is -0.350. The molecule has 1 amide bonds. The third-order valence-electron chi connectivity index (χ3n) is 4.04. The van der Waals surface area contributed by atoms with Crippen LogP contribution in [0, 0.1) is 11.6 Å². The second-order valence-electron chi connectivity index (χ2n) is 5.67. The molecule has 23 heavy (non-hydrogen) atoms. The van der Waals surface area contributed by atoms with E-state index in [0.717, 1.165) is 5.56 Å². The number of piperazine rings is 1. The smallest absolute Gasteiger partial charge is 0.227 e. The molecule has 1 saturated heterocycles. The number of carbonyl (C=O) groups excluding carboxylic acids is 1. The average molecular weight is 316 g/mol. The summed E-state index contributed by atoms with van der Waals surface area (Å²) in [5.74, 6) is -0.741. The zero-order valence-electron chi connectivity index (χ0n) is 12.6. The summed E-state index contributed by atoms with van der Waals surface area (Å²) < 4.78 is 26.7. The fourth-order valence-electron chi connectivity index (χ4n) is 2.94. The predicted molar refractivity (Wildman–Crippen MR) is 83.8 cm³/mol. The minimum Gasteiger partial charge on any atom is -0.333 e. The second kappa shape index (κ2) is 6.87. The van der Waals surface area contributed by atoms with Gasteiger partial charge in [0.1, 0.15) is 11.6 Å². The Morgan fingerprint density at radius 1 is 1.13 bits per heavy atom. The van der Waals surface area contributed by atoms with Gasteiger partial charge in [0, 0.05) is 19.6 Å². The summed E-state index contributed by atoms with van der Waals surface area (Å²) in [6, 6.07) is 12.2. The molecule has 0 radical (unpaired) electrons. The van der Waals surface area contributed by atoms with Crippen LogP contribution in [0.2, 0.25) is 0 Å². The lowest BCUT2D eigenvalue weighted by atomic mass is 10.0. The van der Waals surface area contributed by atoms with Crippen LogP contribution < -0.4 is 5.32 Å². The molecule has 1 unspecified atom stereocenters. The van der Waals surface area contributed by atoms with Crippen molar-refractivity contribution in [2.24, 2.45) is 0 Å². The number of rotatable bonds is 3. The van der Waals surface area contributed by atoms with Crippen LogP contribution in [0.3, 0.4) is 0 Å². The zero-order chi connectivity index (χ0) is 16.2. The first-order valence-electron chi connectivity index (χ1n) is 7.63. The Labute approximate surface area is 133 Å². The van der Waals surface area contributed by atoms with Crippen LogP contribution in [0.5, 0.6) is 0 Å². The van der Waals surface area contributed by atoms with Crippen molar-refractivity contribution in [3.05, 3.63) is 71.3 Å². The molecule has 0 aliphatic carbocycles. The first-order valence-corrected chi connectivity index (χ1v) is 7.63. The van der Waals surface area contributed by atoms with Crippen molar-refractivity contribution in [1.29, 1.82) is 0 Å². The maximum absolute atomic E-state index is 13.5. The van der Waals surface area contributed by atoms with Crippen LogP contribution in [0.25, 0.3) is 0 Å². The highest BCUT2D eigenvalue weighted by molar-refractivity contribution is 5.79. The van der Waals surface area contributed by atoms with Crippen LogP contribution in [0.4, 0.5) is 8.78 Å². The summed E-state index contributed by atoms with van der Waals surface area (Å²) in [7, 11) is 0. The second-order valence-corrected chi connectivity index (χ2v) is 5.67. The molecule has 2 aromatic rings. The number of nitrogens with zero attached hydrogens (tertiary/aromatic N) is 1. The van der Waals surface area contributed by atoms with E-state index in [0.29, 0.717) is 25.2 Å². The van der Waals surface area contributed by atoms with Crippen LogP contribution in [-0.4, -0.2) is 30.4 Å². The number of hydrogen-bond donors (Lipinski definition) is 1. The normalized spacial score (nSPS) is 18.0. The Kier molecular flexibility index (Phi) is 4.67. The van der Waals surface area contributed by atoms with E-state index in [1.54, 1.807) is 23.1 Å². The van der Waals surface area contributed by atoms with Crippen molar-refractivity contribution in [1.82, 2.24) is 10.2 Å². The van der Waals surface area contributed by atoms with Gasteiger partial charge in [-0.1, -0.05) is 24.3 Å². The van der Waals surface area contributed by atoms with E-state index < -0.39 is 0 Å². The molecule has 0 saturated carbocycles. The van der Waals surface area contributed by atoms with Gasteiger partial charge in [0.2, 0.25) is 5.91 Å². The fourth-order valence-corrected chi connectivity index (χ4v) is 2.94. The molecule has 2 aromatic carbocycles. The maximum Gasteiger partial charge on any atom is 0.227 e. The van der Waals surface area contributed by atoms with Crippen LogP contribution in [0.15, 0.2) is 48.5 Å². The lowest BCUT2D eigenvalue weighted by Gasteiger charge is -2.36. The Balaban J connectivity index is 1.79. The van der Waals surface area contributed by atoms with Gasteiger partial charge in [0.15, 0.2) is 0 Å². The van der Waals surface area contributed by atoms with E-state index in [9.17, 15) is 13.6 Å². The van der Waals surface area contributed by atoms with Gasteiger partial charge in [-0.05, 0) is 35.4 Å². The molecule has 0 bridgehead atoms. The maximum atomic E-state index is 13.5. The third-order valence-corrected chi connectivity index (χ3v) is 4.04. The van der Waals surface area contributed by atoms with Gasteiger partial charge in [-0.25, -0.2) is 8.78 Å². The van der Waals surface area contributed by atoms with Crippen LogP contribution >= 0.6 is 0 Å². The van der Waals surface area contributed by atoms with Gasteiger partial charge >= 0.3 is 0 Å². The highest BCUT2D eigenvalue weighted by atomic mass is 19.1. The van der Waals surface area contributed by atoms with Crippen molar-refractivity contribution in [2.75, 3.05) is 19.6 Å². The monoisotopic (exact) mass is 316 g/mol. The molecule has 1 atom stereocenters. The van der Waals surface area contributed by atoms with Crippen molar-refractivity contribution < 1.29 is 13.6 Å². The summed E-state index contributed by atoms with van der Waals surface area (Å²) in [6.07, 6.45) is 0.142. The Morgan fingerprint density at radius 3 is 2.61 bits per heavy atom. The highest BCUT2D eigenvalue weighted by Crippen LogP contribution is 2.24. The highest BCUT2D eigenvalue weighted by Gasteiger charge is 2.28. The number of benzene rings is 2. The first kappa shape index (κ1) is 15.6. The molecule has 1 aliphatic heterocycles. The lowest BCUT2D eigenvalue weighted by Crippen LogP contribution is -2.49. The molecule has 5 heteroatoms. The number of hydrogen-bond acceptors (Lipinski definition) is 2. The van der Waals surface area contributed by atoms with Crippen LogP contribution in [-0.2, 0) is 11.2 Å². The first-order chi connectivity index (χ1) is 11.1. The van der Waals surface area contributed by atoms with E-state index in [4.69, 9.17) is 0 Å². The summed E-state index contributed by atoms with van der Waals surface area (Å²) >= 11 is 0. The molecule has 3 nitrogen and oxygen atoms in total. The Hall–Kier alpha value is -2.27.